The highest BCUT2D eigenvalue weighted by atomic mass is 16.5. The van der Waals surface area contributed by atoms with Crippen molar-refractivity contribution in [3.05, 3.63) is 36.6 Å². The second-order valence-corrected chi connectivity index (χ2v) is 4.32. The molecule has 1 amide bonds. The van der Waals surface area contributed by atoms with Crippen molar-refractivity contribution >= 4 is 11.6 Å². The normalized spacial score (nSPS) is 18.4. The van der Waals surface area contributed by atoms with Gasteiger partial charge in [-0.05, 0) is 37.3 Å². The van der Waals surface area contributed by atoms with Crippen LogP contribution in [0.3, 0.4) is 0 Å². The maximum Gasteiger partial charge on any atom is 0.267 e. The average molecular weight is 243 g/mol. The number of fused-ring (bicyclic) bond motifs is 1. The first-order chi connectivity index (χ1) is 8.66. The van der Waals surface area contributed by atoms with Crippen LogP contribution in [0.4, 0.5) is 5.69 Å². The van der Waals surface area contributed by atoms with E-state index in [0.29, 0.717) is 0 Å². The van der Waals surface area contributed by atoms with Gasteiger partial charge in [0.1, 0.15) is 11.5 Å². The number of amides is 1. The molecule has 0 bridgehead atoms. The van der Waals surface area contributed by atoms with Crippen LogP contribution >= 0.6 is 0 Å². The zero-order valence-corrected chi connectivity index (χ0v) is 10.2. The molecular formula is C14H13NO3. The van der Waals surface area contributed by atoms with Gasteiger partial charge in [-0.3, -0.25) is 4.79 Å². The zero-order valence-electron chi connectivity index (χ0n) is 10.2. The van der Waals surface area contributed by atoms with Gasteiger partial charge >= 0.3 is 0 Å². The third-order valence-corrected chi connectivity index (χ3v) is 3.11. The Labute approximate surface area is 105 Å². The lowest BCUT2D eigenvalue weighted by Crippen LogP contribution is -2.41. The highest BCUT2D eigenvalue weighted by Crippen LogP contribution is 2.36. The minimum Gasteiger partial charge on any atom is -0.479 e. The number of ether oxygens (including phenoxy) is 1. The monoisotopic (exact) mass is 243 g/mol. The van der Waals surface area contributed by atoms with Crippen LogP contribution in [0.1, 0.15) is 6.92 Å². The van der Waals surface area contributed by atoms with Crippen molar-refractivity contribution in [3.63, 3.8) is 0 Å². The lowest BCUT2D eigenvalue weighted by Gasteiger charge is -2.30. The van der Waals surface area contributed by atoms with E-state index in [-0.39, 0.29) is 5.91 Å². The molecule has 0 saturated carbocycles. The van der Waals surface area contributed by atoms with E-state index >= 15 is 0 Å². The molecule has 1 atom stereocenters. The van der Waals surface area contributed by atoms with E-state index < -0.39 is 6.10 Å². The van der Waals surface area contributed by atoms with E-state index in [1.807, 2.05) is 30.3 Å². The van der Waals surface area contributed by atoms with Crippen LogP contribution in [0.25, 0.3) is 11.3 Å². The van der Waals surface area contributed by atoms with Crippen LogP contribution in [0, 0.1) is 0 Å². The Morgan fingerprint density at radius 1 is 1.28 bits per heavy atom. The highest BCUT2D eigenvalue weighted by Gasteiger charge is 2.29. The van der Waals surface area contributed by atoms with Crippen molar-refractivity contribution < 1.29 is 13.9 Å². The summed E-state index contributed by atoms with van der Waals surface area (Å²) in [5, 5.41) is 0. The molecule has 2 aromatic rings. The second-order valence-electron chi connectivity index (χ2n) is 4.32. The minimum atomic E-state index is -0.433. The van der Waals surface area contributed by atoms with Crippen molar-refractivity contribution in [1.29, 1.82) is 0 Å². The van der Waals surface area contributed by atoms with Gasteiger partial charge in [0, 0.05) is 12.6 Å². The molecule has 4 nitrogen and oxygen atoms in total. The SMILES string of the molecule is CC1Oc2ccc(-c3ccco3)cc2N(C)C1=O. The molecule has 1 aliphatic heterocycles. The van der Waals surface area contributed by atoms with Crippen molar-refractivity contribution in [2.75, 3.05) is 11.9 Å². The standard InChI is InChI=1S/C14H13NO3/c1-9-14(16)15(2)11-8-10(5-6-13(11)18-9)12-4-3-7-17-12/h3-9H,1-2H3. The molecule has 1 aromatic heterocycles. The first-order valence-electron chi connectivity index (χ1n) is 5.79. The number of carbonyl (C=O) groups excluding carboxylic acids is 1. The van der Waals surface area contributed by atoms with Crippen molar-refractivity contribution in [3.8, 4) is 17.1 Å². The summed E-state index contributed by atoms with van der Waals surface area (Å²) in [6.45, 7) is 1.75. The molecule has 0 N–H and O–H groups in total. The summed E-state index contributed by atoms with van der Waals surface area (Å²) in [5.74, 6) is 1.45. The van der Waals surface area contributed by atoms with Gasteiger partial charge in [0.05, 0.1) is 12.0 Å². The Balaban J connectivity index is 2.08. The van der Waals surface area contributed by atoms with Gasteiger partial charge in [-0.25, -0.2) is 0 Å². The van der Waals surface area contributed by atoms with Crippen molar-refractivity contribution in [2.45, 2.75) is 13.0 Å². The number of likely N-dealkylation sites (N-methyl/N-ethyl adjacent to an activating group) is 1. The number of hydrogen-bond acceptors (Lipinski definition) is 3. The molecule has 0 saturated heterocycles. The summed E-state index contributed by atoms with van der Waals surface area (Å²) in [5.41, 5.74) is 1.70. The maximum absolute atomic E-state index is 11.9. The molecule has 18 heavy (non-hydrogen) atoms. The molecule has 0 radical (unpaired) electrons. The van der Waals surface area contributed by atoms with Gasteiger partial charge in [-0.1, -0.05) is 0 Å². The second kappa shape index (κ2) is 3.91. The molecule has 0 fully saturated rings. The van der Waals surface area contributed by atoms with Crippen LogP contribution < -0.4 is 9.64 Å². The van der Waals surface area contributed by atoms with E-state index in [4.69, 9.17) is 9.15 Å². The number of anilines is 1. The van der Waals surface area contributed by atoms with Crippen molar-refractivity contribution in [2.24, 2.45) is 0 Å². The molecular weight excluding hydrogens is 230 g/mol. The fourth-order valence-electron chi connectivity index (χ4n) is 2.11. The van der Waals surface area contributed by atoms with Gasteiger partial charge in [-0.15, -0.1) is 0 Å². The molecule has 1 unspecified atom stereocenters. The third-order valence-electron chi connectivity index (χ3n) is 3.11. The number of rotatable bonds is 1. The molecule has 1 aromatic carbocycles. The summed E-state index contributed by atoms with van der Waals surface area (Å²) in [6, 6.07) is 9.41. The average Bonchev–Trinajstić information content (AvgIpc) is 2.90. The number of nitrogens with zero attached hydrogens (tertiary/aromatic N) is 1. The van der Waals surface area contributed by atoms with Gasteiger partial charge < -0.3 is 14.1 Å². The van der Waals surface area contributed by atoms with Crippen molar-refractivity contribution in [1.82, 2.24) is 0 Å². The molecule has 0 spiro atoms. The maximum atomic E-state index is 11.9. The Hall–Kier alpha value is -2.23. The summed E-state index contributed by atoms with van der Waals surface area (Å²) in [4.78, 5) is 13.5. The van der Waals surface area contributed by atoms with Gasteiger partial charge in [-0.2, -0.15) is 0 Å². The molecule has 2 heterocycles. The van der Waals surface area contributed by atoms with E-state index in [0.717, 1.165) is 22.8 Å². The predicted molar refractivity (Wildman–Crippen MR) is 67.6 cm³/mol. The van der Waals surface area contributed by atoms with E-state index in [9.17, 15) is 4.79 Å². The summed E-state index contributed by atoms with van der Waals surface area (Å²) < 4.78 is 10.9. The van der Waals surface area contributed by atoms with Gasteiger partial charge in [0.2, 0.25) is 0 Å². The Kier molecular flexibility index (Phi) is 2.37. The highest BCUT2D eigenvalue weighted by molar-refractivity contribution is 5.99. The Morgan fingerprint density at radius 3 is 2.83 bits per heavy atom. The lowest BCUT2D eigenvalue weighted by atomic mass is 10.1. The number of hydrogen-bond donors (Lipinski definition) is 0. The molecule has 92 valence electrons. The minimum absolute atomic E-state index is 0.0425. The first-order valence-corrected chi connectivity index (χ1v) is 5.79. The topological polar surface area (TPSA) is 42.7 Å². The largest absolute Gasteiger partial charge is 0.479 e. The molecule has 4 heteroatoms. The number of benzene rings is 1. The predicted octanol–water partition coefficient (Wildman–Crippen LogP) is 2.69. The fraction of sp³-hybridized carbons (Fsp3) is 0.214. The summed E-state index contributed by atoms with van der Waals surface area (Å²) in [7, 11) is 1.76. The van der Waals surface area contributed by atoms with Crippen LogP contribution in [0.15, 0.2) is 41.0 Å². The fourth-order valence-corrected chi connectivity index (χ4v) is 2.11. The third kappa shape index (κ3) is 1.57. The van der Waals surface area contributed by atoms with Gasteiger partial charge in [0.15, 0.2) is 6.10 Å². The lowest BCUT2D eigenvalue weighted by molar-refractivity contribution is -0.125. The summed E-state index contributed by atoms with van der Waals surface area (Å²) in [6.07, 6.45) is 1.19. The summed E-state index contributed by atoms with van der Waals surface area (Å²) >= 11 is 0. The first kappa shape index (κ1) is 10.9. The van der Waals surface area contributed by atoms with Gasteiger partial charge in [0.25, 0.3) is 5.91 Å². The van der Waals surface area contributed by atoms with Crippen LogP contribution in [-0.2, 0) is 4.79 Å². The molecule has 1 aliphatic rings. The number of furan rings is 1. The zero-order chi connectivity index (χ0) is 12.7. The Morgan fingerprint density at radius 2 is 2.11 bits per heavy atom. The van der Waals surface area contributed by atoms with Crippen LogP contribution in [-0.4, -0.2) is 19.1 Å². The van der Waals surface area contributed by atoms with E-state index in [2.05, 4.69) is 0 Å². The number of carbonyl (C=O) groups is 1. The molecule has 3 rings (SSSR count). The molecule has 0 aliphatic carbocycles. The van der Waals surface area contributed by atoms with Crippen LogP contribution in [0.5, 0.6) is 5.75 Å². The van der Waals surface area contributed by atoms with E-state index in [1.165, 1.54) is 0 Å². The smallest absolute Gasteiger partial charge is 0.267 e. The quantitative estimate of drug-likeness (QED) is 0.773. The van der Waals surface area contributed by atoms with E-state index in [1.54, 1.807) is 25.1 Å². The Bertz CT molecular complexity index is 589. The van der Waals surface area contributed by atoms with Crippen LogP contribution in [0.2, 0.25) is 0 Å².